The number of hydrogen-bond donors (Lipinski definition) is 2. The highest BCUT2D eigenvalue weighted by Gasteiger charge is 2.14. The van der Waals surface area contributed by atoms with Crippen molar-refractivity contribution in [3.05, 3.63) is 29.8 Å². The number of carbonyl (C=O) groups excluding carboxylic acids is 1. The van der Waals surface area contributed by atoms with E-state index in [4.69, 9.17) is 9.84 Å². The van der Waals surface area contributed by atoms with E-state index in [1.165, 1.54) is 6.92 Å². The number of rotatable bonds is 5. The predicted octanol–water partition coefficient (Wildman–Crippen LogP) is 1.29. The molecular weight excluding hydrogens is 222 g/mol. The average Bonchev–Trinajstić information content (AvgIpc) is 2.30. The van der Waals surface area contributed by atoms with Gasteiger partial charge in [0.15, 0.2) is 0 Å². The predicted molar refractivity (Wildman–Crippen MR) is 62.2 cm³/mol. The Bertz CT molecular complexity index is 399. The van der Waals surface area contributed by atoms with E-state index in [2.05, 4.69) is 5.32 Å². The van der Waals surface area contributed by atoms with Crippen LogP contribution in [-0.4, -0.2) is 29.6 Å². The summed E-state index contributed by atoms with van der Waals surface area (Å²) in [6.07, 6.45) is 0. The SMILES string of the molecule is CCOc1ccc(C(=O)N[C@@H](C)C(=O)O)cc1. The van der Waals surface area contributed by atoms with Crippen molar-refractivity contribution in [3.8, 4) is 5.75 Å². The van der Waals surface area contributed by atoms with E-state index in [-0.39, 0.29) is 0 Å². The number of hydrogen-bond acceptors (Lipinski definition) is 3. The van der Waals surface area contributed by atoms with Crippen molar-refractivity contribution in [2.45, 2.75) is 19.9 Å². The second kappa shape index (κ2) is 5.89. The van der Waals surface area contributed by atoms with Gasteiger partial charge in [-0.15, -0.1) is 0 Å². The van der Waals surface area contributed by atoms with E-state index >= 15 is 0 Å². The number of nitrogens with one attached hydrogen (secondary N) is 1. The van der Waals surface area contributed by atoms with Gasteiger partial charge in [-0.25, -0.2) is 0 Å². The number of benzene rings is 1. The highest BCUT2D eigenvalue weighted by Crippen LogP contribution is 2.12. The molecule has 5 nitrogen and oxygen atoms in total. The van der Waals surface area contributed by atoms with E-state index in [0.717, 1.165) is 0 Å². The lowest BCUT2D eigenvalue weighted by Gasteiger charge is -2.09. The zero-order chi connectivity index (χ0) is 12.8. The normalized spacial score (nSPS) is 11.6. The molecule has 0 spiro atoms. The number of aliphatic carboxylic acids is 1. The summed E-state index contributed by atoms with van der Waals surface area (Å²) in [5.41, 5.74) is 0.404. The molecule has 0 bridgehead atoms. The van der Waals surface area contributed by atoms with Gasteiger partial charge in [-0.05, 0) is 38.1 Å². The highest BCUT2D eigenvalue weighted by atomic mass is 16.5. The van der Waals surface area contributed by atoms with Crippen LogP contribution in [0.5, 0.6) is 5.75 Å². The molecule has 0 aliphatic heterocycles. The van der Waals surface area contributed by atoms with Crippen molar-refractivity contribution < 1.29 is 19.4 Å². The third kappa shape index (κ3) is 3.79. The van der Waals surface area contributed by atoms with Crippen molar-refractivity contribution in [3.63, 3.8) is 0 Å². The minimum absolute atomic E-state index is 0.404. The number of carboxylic acid groups (broad SMARTS) is 1. The Morgan fingerprint density at radius 1 is 1.35 bits per heavy atom. The fourth-order valence-corrected chi connectivity index (χ4v) is 1.21. The molecule has 17 heavy (non-hydrogen) atoms. The summed E-state index contributed by atoms with van der Waals surface area (Å²) in [6.45, 7) is 3.84. The summed E-state index contributed by atoms with van der Waals surface area (Å²) < 4.78 is 5.23. The quantitative estimate of drug-likeness (QED) is 0.809. The van der Waals surface area contributed by atoms with Crippen LogP contribution in [0.3, 0.4) is 0 Å². The molecule has 0 aromatic heterocycles. The zero-order valence-corrected chi connectivity index (χ0v) is 9.77. The standard InChI is InChI=1S/C12H15NO4/c1-3-17-10-6-4-9(5-7-10)11(14)13-8(2)12(15)16/h4-8H,3H2,1-2H3,(H,13,14)(H,15,16)/t8-/m0/s1. The Morgan fingerprint density at radius 3 is 2.41 bits per heavy atom. The average molecular weight is 237 g/mol. The Kier molecular flexibility index (Phi) is 4.51. The summed E-state index contributed by atoms with van der Waals surface area (Å²) in [5, 5.41) is 11.0. The maximum absolute atomic E-state index is 11.6. The second-order valence-corrected chi connectivity index (χ2v) is 3.49. The van der Waals surface area contributed by atoms with Crippen molar-refractivity contribution in [2.24, 2.45) is 0 Å². The first-order valence-corrected chi connectivity index (χ1v) is 5.31. The maximum atomic E-state index is 11.6. The van der Waals surface area contributed by atoms with Gasteiger partial charge in [0, 0.05) is 5.56 Å². The van der Waals surface area contributed by atoms with Gasteiger partial charge >= 0.3 is 5.97 Å². The van der Waals surface area contributed by atoms with E-state index in [9.17, 15) is 9.59 Å². The van der Waals surface area contributed by atoms with Gasteiger partial charge in [-0.1, -0.05) is 0 Å². The van der Waals surface area contributed by atoms with Crippen LogP contribution in [0.15, 0.2) is 24.3 Å². The van der Waals surface area contributed by atoms with E-state index in [1.807, 2.05) is 6.92 Å². The second-order valence-electron chi connectivity index (χ2n) is 3.49. The molecule has 5 heteroatoms. The van der Waals surface area contributed by atoms with Crippen molar-refractivity contribution in [2.75, 3.05) is 6.61 Å². The van der Waals surface area contributed by atoms with Crippen LogP contribution in [0, 0.1) is 0 Å². The van der Waals surface area contributed by atoms with Crippen LogP contribution >= 0.6 is 0 Å². The number of amides is 1. The van der Waals surface area contributed by atoms with Crippen LogP contribution in [0.1, 0.15) is 24.2 Å². The topological polar surface area (TPSA) is 75.6 Å². The first kappa shape index (κ1) is 13.0. The monoisotopic (exact) mass is 237 g/mol. The Hall–Kier alpha value is -2.04. The lowest BCUT2D eigenvalue weighted by Crippen LogP contribution is -2.38. The molecule has 0 radical (unpaired) electrons. The number of ether oxygens (including phenoxy) is 1. The summed E-state index contributed by atoms with van der Waals surface area (Å²) in [6, 6.07) is 5.62. The molecule has 0 unspecified atom stereocenters. The van der Waals surface area contributed by atoms with E-state index < -0.39 is 17.9 Å². The van der Waals surface area contributed by atoms with Crippen LogP contribution in [0.25, 0.3) is 0 Å². The molecule has 92 valence electrons. The summed E-state index contributed by atoms with van der Waals surface area (Å²) in [7, 11) is 0. The highest BCUT2D eigenvalue weighted by molar-refractivity contribution is 5.96. The molecule has 2 N–H and O–H groups in total. The van der Waals surface area contributed by atoms with Crippen LogP contribution in [0.4, 0.5) is 0 Å². The number of carbonyl (C=O) groups is 2. The van der Waals surface area contributed by atoms with Crippen molar-refractivity contribution >= 4 is 11.9 Å². The lowest BCUT2D eigenvalue weighted by molar-refractivity contribution is -0.138. The molecule has 0 aliphatic rings. The fourth-order valence-electron chi connectivity index (χ4n) is 1.21. The van der Waals surface area contributed by atoms with Crippen LogP contribution in [-0.2, 0) is 4.79 Å². The smallest absolute Gasteiger partial charge is 0.325 e. The minimum Gasteiger partial charge on any atom is -0.494 e. The van der Waals surface area contributed by atoms with Gasteiger partial charge < -0.3 is 15.2 Å². The summed E-state index contributed by atoms with van der Waals surface area (Å²) in [4.78, 5) is 22.2. The molecule has 1 amide bonds. The molecule has 0 saturated heterocycles. The molecule has 0 heterocycles. The van der Waals surface area contributed by atoms with Gasteiger partial charge in [-0.2, -0.15) is 0 Å². The Balaban J connectivity index is 2.66. The largest absolute Gasteiger partial charge is 0.494 e. The van der Waals surface area contributed by atoms with Gasteiger partial charge in [0.2, 0.25) is 0 Å². The van der Waals surface area contributed by atoms with E-state index in [1.54, 1.807) is 24.3 Å². The van der Waals surface area contributed by atoms with Crippen LogP contribution < -0.4 is 10.1 Å². The summed E-state index contributed by atoms with van der Waals surface area (Å²) >= 11 is 0. The molecule has 0 fully saturated rings. The van der Waals surface area contributed by atoms with Gasteiger partial charge in [0.1, 0.15) is 11.8 Å². The fraction of sp³-hybridized carbons (Fsp3) is 0.333. The van der Waals surface area contributed by atoms with Gasteiger partial charge in [0.05, 0.1) is 6.61 Å². The number of carboxylic acids is 1. The Labute approximate surface area is 99.4 Å². The zero-order valence-electron chi connectivity index (χ0n) is 9.77. The maximum Gasteiger partial charge on any atom is 0.325 e. The van der Waals surface area contributed by atoms with Crippen molar-refractivity contribution in [1.82, 2.24) is 5.32 Å². The molecule has 1 atom stereocenters. The molecule has 1 aromatic rings. The molecule has 0 saturated carbocycles. The molecule has 0 aliphatic carbocycles. The third-order valence-electron chi connectivity index (χ3n) is 2.15. The minimum atomic E-state index is -1.07. The first-order valence-electron chi connectivity index (χ1n) is 5.31. The van der Waals surface area contributed by atoms with Crippen molar-refractivity contribution in [1.29, 1.82) is 0 Å². The third-order valence-corrected chi connectivity index (χ3v) is 2.15. The Morgan fingerprint density at radius 2 is 1.94 bits per heavy atom. The molecule has 1 aromatic carbocycles. The lowest BCUT2D eigenvalue weighted by atomic mass is 10.2. The summed E-state index contributed by atoms with van der Waals surface area (Å²) in [5.74, 6) is -0.803. The van der Waals surface area contributed by atoms with E-state index in [0.29, 0.717) is 17.9 Å². The molecule has 1 rings (SSSR count). The van der Waals surface area contributed by atoms with Gasteiger partial charge in [-0.3, -0.25) is 9.59 Å². The first-order chi connectivity index (χ1) is 8.04. The van der Waals surface area contributed by atoms with Gasteiger partial charge in [0.25, 0.3) is 5.91 Å². The van der Waals surface area contributed by atoms with Crippen LogP contribution in [0.2, 0.25) is 0 Å². The molecular formula is C12H15NO4.